The fourth-order valence-electron chi connectivity index (χ4n) is 1.85. The average Bonchev–Trinajstić information content (AvgIpc) is 2.30. The quantitative estimate of drug-likeness (QED) is 0.727. The number of rotatable bonds is 2. The Morgan fingerprint density at radius 2 is 2.14 bits per heavy atom. The Labute approximate surface area is 86.1 Å². The van der Waals surface area contributed by atoms with Crippen LogP contribution in [-0.2, 0) is 4.79 Å². The molecule has 0 saturated carbocycles. The van der Waals surface area contributed by atoms with E-state index in [2.05, 4.69) is 20.8 Å². The van der Waals surface area contributed by atoms with Crippen molar-refractivity contribution < 1.29 is 9.90 Å². The monoisotopic (exact) mass is 199 g/mol. The number of carbonyl (C=O) groups excluding carboxylic acids is 1. The summed E-state index contributed by atoms with van der Waals surface area (Å²) in [6, 6.07) is 0. The van der Waals surface area contributed by atoms with Crippen LogP contribution in [0.15, 0.2) is 0 Å². The predicted octanol–water partition coefficient (Wildman–Crippen LogP) is 1.26. The summed E-state index contributed by atoms with van der Waals surface area (Å²) < 4.78 is 0. The van der Waals surface area contributed by atoms with Crippen LogP contribution in [0.2, 0.25) is 0 Å². The average molecular weight is 199 g/mol. The van der Waals surface area contributed by atoms with Crippen molar-refractivity contribution in [2.45, 2.75) is 40.2 Å². The van der Waals surface area contributed by atoms with E-state index in [1.165, 1.54) is 0 Å². The molecule has 1 amide bonds. The molecule has 0 spiro atoms. The minimum Gasteiger partial charge on any atom is -0.392 e. The van der Waals surface area contributed by atoms with Crippen molar-refractivity contribution in [3.8, 4) is 0 Å². The molecule has 1 heterocycles. The van der Waals surface area contributed by atoms with Crippen LogP contribution in [0.25, 0.3) is 0 Å². The van der Waals surface area contributed by atoms with Crippen molar-refractivity contribution in [1.29, 1.82) is 0 Å². The van der Waals surface area contributed by atoms with Gasteiger partial charge in [0.05, 0.1) is 6.10 Å². The highest BCUT2D eigenvalue weighted by Gasteiger charge is 2.36. The van der Waals surface area contributed by atoms with Gasteiger partial charge in [-0.25, -0.2) is 0 Å². The molecule has 0 radical (unpaired) electrons. The van der Waals surface area contributed by atoms with Gasteiger partial charge in [0, 0.05) is 19.5 Å². The van der Waals surface area contributed by atoms with E-state index in [-0.39, 0.29) is 11.3 Å². The molecule has 0 bridgehead atoms. The molecule has 14 heavy (non-hydrogen) atoms. The molecule has 1 aliphatic rings. The summed E-state index contributed by atoms with van der Waals surface area (Å²) in [4.78, 5) is 13.4. The van der Waals surface area contributed by atoms with Crippen molar-refractivity contribution in [2.75, 3.05) is 13.1 Å². The standard InChI is InChI=1S/C11H21NO2/c1-8(13)6-12-7-9(5-10(12)14)11(2,3)4/h8-9,13H,5-7H2,1-4H3/t8-,9?/m0/s1. The lowest BCUT2D eigenvalue weighted by Crippen LogP contribution is -2.33. The van der Waals surface area contributed by atoms with Crippen LogP contribution in [0, 0.1) is 11.3 Å². The molecular weight excluding hydrogens is 178 g/mol. The Hall–Kier alpha value is -0.570. The Bertz CT molecular complexity index is 218. The fourth-order valence-corrected chi connectivity index (χ4v) is 1.85. The predicted molar refractivity (Wildman–Crippen MR) is 55.8 cm³/mol. The first kappa shape index (κ1) is 11.5. The largest absolute Gasteiger partial charge is 0.392 e. The van der Waals surface area contributed by atoms with Crippen LogP contribution in [0.1, 0.15) is 34.1 Å². The second-order valence-electron chi connectivity index (χ2n) is 5.41. The van der Waals surface area contributed by atoms with Crippen LogP contribution in [0.5, 0.6) is 0 Å². The summed E-state index contributed by atoms with van der Waals surface area (Å²) in [5.41, 5.74) is 0.184. The molecule has 1 aliphatic heterocycles. The minimum atomic E-state index is -0.419. The number of β-amino-alcohol motifs (C(OH)–C–C–N with tert-alkyl or cyclic N) is 1. The number of aliphatic hydroxyl groups is 1. The van der Waals surface area contributed by atoms with E-state index in [4.69, 9.17) is 0 Å². The zero-order valence-electron chi connectivity index (χ0n) is 9.58. The molecule has 0 aromatic heterocycles. The van der Waals surface area contributed by atoms with Gasteiger partial charge >= 0.3 is 0 Å². The Morgan fingerprint density at radius 3 is 2.50 bits per heavy atom. The minimum absolute atomic E-state index is 0.184. The van der Waals surface area contributed by atoms with E-state index >= 15 is 0 Å². The van der Waals surface area contributed by atoms with Crippen molar-refractivity contribution in [3.63, 3.8) is 0 Å². The maximum absolute atomic E-state index is 11.6. The van der Waals surface area contributed by atoms with Gasteiger partial charge in [-0.3, -0.25) is 4.79 Å². The van der Waals surface area contributed by atoms with Gasteiger partial charge in [-0.15, -0.1) is 0 Å². The molecule has 0 aromatic carbocycles. The molecule has 82 valence electrons. The third-order valence-corrected chi connectivity index (χ3v) is 2.92. The first-order valence-electron chi connectivity index (χ1n) is 5.26. The summed E-state index contributed by atoms with van der Waals surface area (Å²) in [5.74, 6) is 0.611. The number of carbonyl (C=O) groups is 1. The maximum atomic E-state index is 11.6. The van der Waals surface area contributed by atoms with Gasteiger partial charge < -0.3 is 10.0 Å². The Kier molecular flexibility index (Phi) is 3.20. The molecule has 3 nitrogen and oxygen atoms in total. The molecule has 0 aromatic rings. The normalized spacial score (nSPS) is 25.6. The van der Waals surface area contributed by atoms with Crippen LogP contribution in [0.4, 0.5) is 0 Å². The SMILES string of the molecule is C[C@H](O)CN1CC(C(C)(C)C)CC1=O. The van der Waals surface area contributed by atoms with Crippen LogP contribution < -0.4 is 0 Å². The summed E-state index contributed by atoms with van der Waals surface area (Å²) >= 11 is 0. The van der Waals surface area contributed by atoms with Crippen LogP contribution in [-0.4, -0.2) is 35.1 Å². The summed E-state index contributed by atoms with van der Waals surface area (Å²) in [6.45, 7) is 9.49. The van der Waals surface area contributed by atoms with E-state index in [1.807, 2.05) is 0 Å². The lowest BCUT2D eigenvalue weighted by molar-refractivity contribution is -0.128. The van der Waals surface area contributed by atoms with Gasteiger partial charge in [-0.1, -0.05) is 20.8 Å². The Balaban J connectivity index is 2.56. The zero-order valence-corrected chi connectivity index (χ0v) is 9.58. The van der Waals surface area contributed by atoms with Crippen molar-refractivity contribution >= 4 is 5.91 Å². The molecule has 2 atom stereocenters. The van der Waals surface area contributed by atoms with Crippen molar-refractivity contribution in [2.24, 2.45) is 11.3 Å². The third-order valence-electron chi connectivity index (χ3n) is 2.92. The summed E-state index contributed by atoms with van der Waals surface area (Å²) in [7, 11) is 0. The molecule has 1 rings (SSSR count). The lowest BCUT2D eigenvalue weighted by atomic mass is 9.80. The number of likely N-dealkylation sites (tertiary alicyclic amines) is 1. The van der Waals surface area contributed by atoms with E-state index in [1.54, 1.807) is 11.8 Å². The molecule has 1 unspecified atom stereocenters. The summed E-state index contributed by atoms with van der Waals surface area (Å²) in [6.07, 6.45) is 0.216. The smallest absolute Gasteiger partial charge is 0.223 e. The highest BCUT2D eigenvalue weighted by atomic mass is 16.3. The first-order chi connectivity index (χ1) is 6.30. The lowest BCUT2D eigenvalue weighted by Gasteiger charge is -2.26. The fraction of sp³-hybridized carbons (Fsp3) is 0.909. The van der Waals surface area contributed by atoms with E-state index in [9.17, 15) is 9.90 Å². The second-order valence-corrected chi connectivity index (χ2v) is 5.41. The number of hydrogen-bond acceptors (Lipinski definition) is 2. The summed E-state index contributed by atoms with van der Waals surface area (Å²) in [5, 5.41) is 9.23. The van der Waals surface area contributed by atoms with Gasteiger partial charge in [0.1, 0.15) is 0 Å². The molecule has 3 heteroatoms. The Morgan fingerprint density at radius 1 is 1.57 bits per heavy atom. The molecule has 1 fully saturated rings. The van der Waals surface area contributed by atoms with Crippen LogP contribution >= 0.6 is 0 Å². The van der Waals surface area contributed by atoms with Gasteiger partial charge in [-0.2, -0.15) is 0 Å². The van der Waals surface area contributed by atoms with Gasteiger partial charge in [0.15, 0.2) is 0 Å². The van der Waals surface area contributed by atoms with E-state index < -0.39 is 6.10 Å². The topological polar surface area (TPSA) is 40.5 Å². The van der Waals surface area contributed by atoms with E-state index in [0.717, 1.165) is 6.54 Å². The molecule has 1 saturated heterocycles. The number of aliphatic hydroxyl groups excluding tert-OH is 1. The first-order valence-corrected chi connectivity index (χ1v) is 5.26. The van der Waals surface area contributed by atoms with Gasteiger partial charge in [-0.05, 0) is 18.3 Å². The van der Waals surface area contributed by atoms with Crippen molar-refractivity contribution in [1.82, 2.24) is 4.90 Å². The molecule has 0 aliphatic carbocycles. The van der Waals surface area contributed by atoms with Crippen molar-refractivity contribution in [3.05, 3.63) is 0 Å². The number of hydrogen-bond donors (Lipinski definition) is 1. The molecule has 1 N–H and O–H groups in total. The van der Waals surface area contributed by atoms with Crippen LogP contribution in [0.3, 0.4) is 0 Å². The third kappa shape index (κ3) is 2.71. The zero-order chi connectivity index (χ0) is 10.9. The molecular formula is C11H21NO2. The maximum Gasteiger partial charge on any atom is 0.223 e. The highest BCUT2D eigenvalue weighted by Crippen LogP contribution is 2.34. The highest BCUT2D eigenvalue weighted by molar-refractivity contribution is 5.78. The van der Waals surface area contributed by atoms with Gasteiger partial charge in [0.25, 0.3) is 0 Å². The number of amides is 1. The van der Waals surface area contributed by atoms with E-state index in [0.29, 0.717) is 18.9 Å². The van der Waals surface area contributed by atoms with Gasteiger partial charge in [0.2, 0.25) is 5.91 Å². The number of nitrogens with zero attached hydrogens (tertiary/aromatic N) is 1. The second kappa shape index (κ2) is 3.89.